The Morgan fingerprint density at radius 2 is 2.00 bits per heavy atom. The van der Waals surface area contributed by atoms with Gasteiger partial charge in [0, 0.05) is 6.04 Å². The van der Waals surface area contributed by atoms with Gasteiger partial charge in [-0.15, -0.1) is 0 Å². The summed E-state index contributed by atoms with van der Waals surface area (Å²) in [6.45, 7) is 4.17. The van der Waals surface area contributed by atoms with Crippen LogP contribution < -0.4 is 5.32 Å². The quantitative estimate of drug-likeness (QED) is 0.608. The maximum absolute atomic E-state index is 9.45. The maximum atomic E-state index is 9.45. The first-order valence-corrected chi connectivity index (χ1v) is 4.11. The Bertz CT molecular complexity index is 71.7. The summed E-state index contributed by atoms with van der Waals surface area (Å²) in [5.41, 5.74) is 0. The number of aliphatic hydroxyl groups is 1. The lowest BCUT2D eigenvalue weighted by molar-refractivity contribution is 0.119. The number of rotatable bonds is 5. The van der Waals surface area contributed by atoms with Gasteiger partial charge in [-0.3, -0.25) is 0 Å². The van der Waals surface area contributed by atoms with Gasteiger partial charge in [0.2, 0.25) is 0 Å². The summed E-state index contributed by atoms with van der Waals surface area (Å²) in [5, 5.41) is 12.5. The third kappa shape index (κ3) is 3.18. The van der Waals surface area contributed by atoms with Crippen LogP contribution in [0.4, 0.5) is 0 Å². The molecule has 2 heteroatoms. The second-order valence-electron chi connectivity index (χ2n) is 2.66. The normalized spacial score (nSPS) is 16.8. The van der Waals surface area contributed by atoms with E-state index in [9.17, 15) is 5.11 Å². The van der Waals surface area contributed by atoms with Gasteiger partial charge in [0.15, 0.2) is 0 Å². The lowest BCUT2D eigenvalue weighted by atomic mass is 10.0. The number of nitrogens with one attached hydrogen (secondary N) is 1. The highest BCUT2D eigenvalue weighted by molar-refractivity contribution is 4.71. The Morgan fingerprint density at radius 3 is 2.30 bits per heavy atom. The molecule has 0 bridgehead atoms. The third-order valence-corrected chi connectivity index (χ3v) is 1.86. The smallest absolute Gasteiger partial charge is 0.0692 e. The van der Waals surface area contributed by atoms with E-state index in [0.717, 1.165) is 19.3 Å². The first-order valence-electron chi connectivity index (χ1n) is 4.11. The molecule has 62 valence electrons. The number of aliphatic hydroxyl groups excluding tert-OH is 1. The lowest BCUT2D eigenvalue weighted by Crippen LogP contribution is -2.36. The van der Waals surface area contributed by atoms with E-state index in [1.165, 1.54) is 0 Å². The predicted octanol–water partition coefficient (Wildman–Crippen LogP) is 1.15. The molecule has 0 saturated carbocycles. The Balaban J connectivity index is 3.53. The van der Waals surface area contributed by atoms with Gasteiger partial charge in [-0.05, 0) is 19.9 Å². The van der Waals surface area contributed by atoms with E-state index in [1.54, 1.807) is 0 Å². The molecule has 0 aromatic carbocycles. The Labute approximate surface area is 63.6 Å². The zero-order valence-electron chi connectivity index (χ0n) is 7.22. The van der Waals surface area contributed by atoms with Gasteiger partial charge in [0.05, 0.1) is 6.10 Å². The predicted molar refractivity (Wildman–Crippen MR) is 44.1 cm³/mol. The van der Waals surface area contributed by atoms with Gasteiger partial charge in [-0.1, -0.05) is 20.3 Å². The maximum Gasteiger partial charge on any atom is 0.0692 e. The van der Waals surface area contributed by atoms with Crippen molar-refractivity contribution in [3.63, 3.8) is 0 Å². The van der Waals surface area contributed by atoms with Crippen molar-refractivity contribution in [1.29, 1.82) is 0 Å². The standard InChI is InChI=1S/C8H19NO/c1-4-6-8(10)7(5-2)9-3/h7-10H,4-6H2,1-3H3. The van der Waals surface area contributed by atoms with Crippen LogP contribution in [0.25, 0.3) is 0 Å². The third-order valence-electron chi connectivity index (χ3n) is 1.86. The molecule has 0 aromatic rings. The molecular weight excluding hydrogens is 126 g/mol. The van der Waals surface area contributed by atoms with Crippen LogP contribution in [0.3, 0.4) is 0 Å². The Morgan fingerprint density at radius 1 is 1.40 bits per heavy atom. The van der Waals surface area contributed by atoms with Gasteiger partial charge in [-0.25, -0.2) is 0 Å². The molecule has 0 heterocycles. The molecule has 2 atom stereocenters. The molecule has 0 aliphatic rings. The van der Waals surface area contributed by atoms with Crippen molar-refractivity contribution in [1.82, 2.24) is 5.32 Å². The van der Waals surface area contributed by atoms with Crippen molar-refractivity contribution in [3.05, 3.63) is 0 Å². The minimum atomic E-state index is -0.167. The second kappa shape index (κ2) is 5.69. The van der Waals surface area contributed by atoms with Gasteiger partial charge >= 0.3 is 0 Å². The van der Waals surface area contributed by atoms with Crippen molar-refractivity contribution >= 4 is 0 Å². The molecule has 0 aliphatic heterocycles. The lowest BCUT2D eigenvalue weighted by Gasteiger charge is -2.19. The molecule has 0 radical (unpaired) electrons. The SMILES string of the molecule is CCCC(O)C(CC)NC. The fraction of sp³-hybridized carbons (Fsp3) is 1.00. The van der Waals surface area contributed by atoms with E-state index < -0.39 is 0 Å². The largest absolute Gasteiger partial charge is 0.392 e. The average molecular weight is 145 g/mol. The van der Waals surface area contributed by atoms with Crippen LogP contribution in [0.15, 0.2) is 0 Å². The molecule has 0 saturated heterocycles. The van der Waals surface area contributed by atoms with Crippen molar-refractivity contribution in [2.45, 2.75) is 45.3 Å². The molecule has 10 heavy (non-hydrogen) atoms. The van der Waals surface area contributed by atoms with Gasteiger partial charge in [0.25, 0.3) is 0 Å². The van der Waals surface area contributed by atoms with Crippen LogP contribution in [0.5, 0.6) is 0 Å². The van der Waals surface area contributed by atoms with Crippen molar-refractivity contribution < 1.29 is 5.11 Å². The van der Waals surface area contributed by atoms with E-state index in [4.69, 9.17) is 0 Å². The van der Waals surface area contributed by atoms with E-state index in [2.05, 4.69) is 19.2 Å². The Hall–Kier alpha value is -0.0800. The van der Waals surface area contributed by atoms with E-state index in [1.807, 2.05) is 7.05 Å². The van der Waals surface area contributed by atoms with Crippen LogP contribution in [0, 0.1) is 0 Å². The Kier molecular flexibility index (Phi) is 5.64. The van der Waals surface area contributed by atoms with Crippen LogP contribution in [-0.2, 0) is 0 Å². The van der Waals surface area contributed by atoms with Crippen LogP contribution in [-0.4, -0.2) is 24.3 Å². The summed E-state index contributed by atoms with van der Waals surface area (Å²) in [4.78, 5) is 0. The summed E-state index contributed by atoms with van der Waals surface area (Å²) >= 11 is 0. The molecule has 0 amide bonds. The highest BCUT2D eigenvalue weighted by Crippen LogP contribution is 2.04. The van der Waals surface area contributed by atoms with E-state index >= 15 is 0 Å². The molecule has 0 fully saturated rings. The zero-order valence-corrected chi connectivity index (χ0v) is 7.22. The van der Waals surface area contributed by atoms with Gasteiger partial charge in [0.1, 0.15) is 0 Å². The number of likely N-dealkylation sites (N-methyl/N-ethyl adjacent to an activating group) is 1. The molecular formula is C8H19NO. The first-order chi connectivity index (χ1) is 4.76. The summed E-state index contributed by atoms with van der Waals surface area (Å²) in [6.07, 6.45) is 2.79. The minimum Gasteiger partial charge on any atom is -0.392 e. The zero-order chi connectivity index (χ0) is 7.98. The molecule has 0 aromatic heterocycles. The first kappa shape index (κ1) is 9.92. The molecule has 0 spiro atoms. The minimum absolute atomic E-state index is 0.167. The number of hydrogen-bond donors (Lipinski definition) is 2. The van der Waals surface area contributed by atoms with Crippen LogP contribution in [0.2, 0.25) is 0 Å². The number of hydrogen-bond acceptors (Lipinski definition) is 2. The monoisotopic (exact) mass is 145 g/mol. The highest BCUT2D eigenvalue weighted by atomic mass is 16.3. The van der Waals surface area contributed by atoms with Crippen LogP contribution in [0.1, 0.15) is 33.1 Å². The van der Waals surface area contributed by atoms with Crippen LogP contribution >= 0.6 is 0 Å². The van der Waals surface area contributed by atoms with Gasteiger partial charge in [-0.2, -0.15) is 0 Å². The highest BCUT2D eigenvalue weighted by Gasteiger charge is 2.12. The molecule has 0 aliphatic carbocycles. The van der Waals surface area contributed by atoms with E-state index in [0.29, 0.717) is 0 Å². The molecule has 2 N–H and O–H groups in total. The topological polar surface area (TPSA) is 32.3 Å². The summed E-state index contributed by atoms with van der Waals surface area (Å²) < 4.78 is 0. The van der Waals surface area contributed by atoms with E-state index in [-0.39, 0.29) is 12.1 Å². The molecule has 0 rings (SSSR count). The molecule has 2 nitrogen and oxygen atoms in total. The van der Waals surface area contributed by atoms with Crippen molar-refractivity contribution in [3.8, 4) is 0 Å². The fourth-order valence-corrected chi connectivity index (χ4v) is 1.17. The second-order valence-corrected chi connectivity index (χ2v) is 2.66. The van der Waals surface area contributed by atoms with Gasteiger partial charge < -0.3 is 10.4 Å². The summed E-state index contributed by atoms with van der Waals surface area (Å²) in [6, 6.07) is 0.278. The molecule has 2 unspecified atom stereocenters. The average Bonchev–Trinajstić information content (AvgIpc) is 1.91. The van der Waals surface area contributed by atoms with Crippen molar-refractivity contribution in [2.75, 3.05) is 7.05 Å². The summed E-state index contributed by atoms with van der Waals surface area (Å²) in [7, 11) is 1.90. The fourth-order valence-electron chi connectivity index (χ4n) is 1.17. The summed E-state index contributed by atoms with van der Waals surface area (Å²) in [5.74, 6) is 0. The van der Waals surface area contributed by atoms with Crippen molar-refractivity contribution in [2.24, 2.45) is 0 Å².